The summed E-state index contributed by atoms with van der Waals surface area (Å²) in [6.07, 6.45) is 0.708. The molecule has 0 saturated heterocycles. The largest absolute Gasteiger partial charge is 0.453 e. The van der Waals surface area contributed by atoms with Crippen molar-refractivity contribution in [2.45, 2.75) is 13.8 Å². The Kier molecular flexibility index (Phi) is 3.26. The van der Waals surface area contributed by atoms with Crippen LogP contribution in [0.15, 0.2) is 34.7 Å². The number of fused-ring (bicyclic) bond motifs is 1. The first-order valence-electron chi connectivity index (χ1n) is 4.34. The Hall–Kier alpha value is -1.57. The van der Waals surface area contributed by atoms with Crippen LogP contribution in [0.25, 0.3) is 11.0 Å². The van der Waals surface area contributed by atoms with Gasteiger partial charge in [0.1, 0.15) is 5.58 Å². The Morgan fingerprint density at radius 3 is 2.54 bits per heavy atom. The molecule has 0 amide bonds. The van der Waals surface area contributed by atoms with Gasteiger partial charge in [-0.15, -0.1) is 0 Å². The molecule has 1 aromatic heterocycles. The van der Waals surface area contributed by atoms with E-state index in [2.05, 4.69) is 0 Å². The van der Waals surface area contributed by atoms with E-state index in [1.807, 2.05) is 38.1 Å². The van der Waals surface area contributed by atoms with Gasteiger partial charge in [0.25, 0.3) is 0 Å². The summed E-state index contributed by atoms with van der Waals surface area (Å²) < 4.78 is 5.15. The molecule has 0 spiro atoms. The topological polar surface area (TPSA) is 30.2 Å². The summed E-state index contributed by atoms with van der Waals surface area (Å²) in [4.78, 5) is 10.3. The van der Waals surface area contributed by atoms with Crippen molar-refractivity contribution in [3.63, 3.8) is 0 Å². The van der Waals surface area contributed by atoms with Gasteiger partial charge in [0.2, 0.25) is 0 Å². The minimum absolute atomic E-state index is 0.381. The van der Waals surface area contributed by atoms with E-state index >= 15 is 0 Å². The molecule has 2 rings (SSSR count). The van der Waals surface area contributed by atoms with Gasteiger partial charge in [0.15, 0.2) is 12.0 Å². The molecule has 1 heterocycles. The number of carbonyl (C=O) groups is 1. The van der Waals surface area contributed by atoms with E-state index in [0.717, 1.165) is 11.0 Å². The first kappa shape index (κ1) is 9.52. The Balaban J connectivity index is 0.000000396. The lowest BCUT2D eigenvalue weighted by molar-refractivity contribution is 0.110. The van der Waals surface area contributed by atoms with Gasteiger partial charge in [-0.3, -0.25) is 4.79 Å². The van der Waals surface area contributed by atoms with Gasteiger partial charge in [-0.25, -0.2) is 0 Å². The maximum atomic E-state index is 10.3. The Bertz CT molecular complexity index is 355. The molecule has 0 aliphatic carbocycles. The fourth-order valence-electron chi connectivity index (χ4n) is 1.06. The zero-order chi connectivity index (χ0) is 9.68. The van der Waals surface area contributed by atoms with Crippen LogP contribution in [-0.2, 0) is 0 Å². The van der Waals surface area contributed by atoms with Gasteiger partial charge < -0.3 is 4.42 Å². The van der Waals surface area contributed by atoms with Crippen molar-refractivity contribution in [1.82, 2.24) is 0 Å². The van der Waals surface area contributed by atoms with Gasteiger partial charge >= 0.3 is 0 Å². The average Bonchev–Trinajstić information content (AvgIpc) is 2.63. The minimum atomic E-state index is 0.381. The van der Waals surface area contributed by atoms with Crippen LogP contribution in [0.5, 0.6) is 0 Å². The summed E-state index contributed by atoms with van der Waals surface area (Å²) in [5, 5.41) is 0.967. The SMILES string of the molecule is CC.O=Cc1cc2ccccc2o1. The second-order valence-electron chi connectivity index (χ2n) is 2.30. The van der Waals surface area contributed by atoms with E-state index in [9.17, 15) is 4.79 Å². The fraction of sp³-hybridized carbons (Fsp3) is 0.182. The van der Waals surface area contributed by atoms with Crippen LogP contribution < -0.4 is 0 Å². The number of rotatable bonds is 1. The molecule has 0 saturated carbocycles. The third kappa shape index (κ3) is 1.96. The number of para-hydroxylation sites is 1. The molecular weight excluding hydrogens is 164 g/mol. The van der Waals surface area contributed by atoms with Crippen molar-refractivity contribution >= 4 is 17.3 Å². The summed E-state index contributed by atoms with van der Waals surface area (Å²) in [6, 6.07) is 9.25. The standard InChI is InChI=1S/C9H6O2.C2H6/c10-6-8-5-7-3-1-2-4-9(7)11-8;1-2/h1-6H;1-2H3. The summed E-state index contributed by atoms with van der Waals surface area (Å²) in [5.74, 6) is 0.381. The van der Waals surface area contributed by atoms with Crippen molar-refractivity contribution in [1.29, 1.82) is 0 Å². The van der Waals surface area contributed by atoms with Crippen LogP contribution >= 0.6 is 0 Å². The van der Waals surface area contributed by atoms with Crippen LogP contribution in [0.2, 0.25) is 0 Å². The molecule has 0 fully saturated rings. The first-order chi connectivity index (χ1) is 6.40. The summed E-state index contributed by atoms with van der Waals surface area (Å²) in [7, 11) is 0. The third-order valence-electron chi connectivity index (χ3n) is 1.56. The summed E-state index contributed by atoms with van der Waals surface area (Å²) in [5.41, 5.74) is 0.759. The maximum Gasteiger partial charge on any atom is 0.185 e. The van der Waals surface area contributed by atoms with E-state index in [1.165, 1.54) is 0 Å². The molecule has 13 heavy (non-hydrogen) atoms. The van der Waals surface area contributed by atoms with Crippen molar-refractivity contribution in [3.05, 3.63) is 36.1 Å². The van der Waals surface area contributed by atoms with Gasteiger partial charge in [-0.2, -0.15) is 0 Å². The molecule has 0 aliphatic rings. The molecule has 0 unspecified atom stereocenters. The smallest absolute Gasteiger partial charge is 0.185 e. The molecule has 2 aromatic rings. The minimum Gasteiger partial charge on any atom is -0.453 e. The fourth-order valence-corrected chi connectivity index (χ4v) is 1.06. The second kappa shape index (κ2) is 4.45. The Morgan fingerprint density at radius 2 is 1.92 bits per heavy atom. The highest BCUT2D eigenvalue weighted by Crippen LogP contribution is 2.16. The molecule has 0 atom stereocenters. The molecular formula is C11H12O2. The molecule has 2 nitrogen and oxygen atoms in total. The van der Waals surface area contributed by atoms with Crippen molar-refractivity contribution in [3.8, 4) is 0 Å². The number of hydrogen-bond acceptors (Lipinski definition) is 2. The summed E-state index contributed by atoms with van der Waals surface area (Å²) in [6.45, 7) is 4.00. The van der Waals surface area contributed by atoms with Gasteiger partial charge in [-0.05, 0) is 12.1 Å². The van der Waals surface area contributed by atoms with Crippen LogP contribution in [0.1, 0.15) is 24.4 Å². The molecule has 68 valence electrons. The number of benzene rings is 1. The molecule has 0 radical (unpaired) electrons. The highest BCUT2D eigenvalue weighted by Gasteiger charge is 1.99. The van der Waals surface area contributed by atoms with Crippen LogP contribution in [0, 0.1) is 0 Å². The monoisotopic (exact) mass is 176 g/mol. The first-order valence-corrected chi connectivity index (χ1v) is 4.34. The van der Waals surface area contributed by atoms with Crippen LogP contribution in [0.3, 0.4) is 0 Å². The average molecular weight is 176 g/mol. The zero-order valence-corrected chi connectivity index (χ0v) is 7.78. The quantitative estimate of drug-likeness (QED) is 0.624. The van der Waals surface area contributed by atoms with Gasteiger partial charge in [-0.1, -0.05) is 32.0 Å². The number of aldehydes is 1. The molecule has 0 aliphatic heterocycles. The van der Waals surface area contributed by atoms with E-state index in [-0.39, 0.29) is 0 Å². The van der Waals surface area contributed by atoms with E-state index in [4.69, 9.17) is 4.42 Å². The van der Waals surface area contributed by atoms with E-state index in [1.54, 1.807) is 6.07 Å². The van der Waals surface area contributed by atoms with Gasteiger partial charge in [0.05, 0.1) is 0 Å². The normalized spacial score (nSPS) is 9.08. The van der Waals surface area contributed by atoms with Crippen molar-refractivity contribution in [2.75, 3.05) is 0 Å². The highest BCUT2D eigenvalue weighted by molar-refractivity contribution is 5.84. The molecule has 1 aromatic carbocycles. The molecule has 0 bridgehead atoms. The predicted octanol–water partition coefficient (Wildman–Crippen LogP) is 3.27. The second-order valence-corrected chi connectivity index (χ2v) is 2.30. The number of furan rings is 1. The van der Waals surface area contributed by atoms with Crippen LogP contribution in [0.4, 0.5) is 0 Å². The lowest BCUT2D eigenvalue weighted by atomic mass is 10.2. The van der Waals surface area contributed by atoms with E-state index < -0.39 is 0 Å². The lowest BCUT2D eigenvalue weighted by Gasteiger charge is -1.81. The molecule has 2 heteroatoms. The zero-order valence-electron chi connectivity index (χ0n) is 7.78. The number of hydrogen-bond donors (Lipinski definition) is 0. The third-order valence-corrected chi connectivity index (χ3v) is 1.56. The van der Waals surface area contributed by atoms with Gasteiger partial charge in [0, 0.05) is 5.39 Å². The predicted molar refractivity (Wildman–Crippen MR) is 52.9 cm³/mol. The van der Waals surface area contributed by atoms with Crippen LogP contribution in [-0.4, -0.2) is 6.29 Å². The van der Waals surface area contributed by atoms with E-state index in [0.29, 0.717) is 12.0 Å². The maximum absolute atomic E-state index is 10.3. The summed E-state index contributed by atoms with van der Waals surface area (Å²) >= 11 is 0. The highest BCUT2D eigenvalue weighted by atomic mass is 16.3. The Labute approximate surface area is 77.2 Å². The number of carbonyl (C=O) groups excluding carboxylic acids is 1. The van der Waals surface area contributed by atoms with Crippen molar-refractivity contribution < 1.29 is 9.21 Å². The molecule has 0 N–H and O–H groups in total. The Morgan fingerprint density at radius 1 is 1.23 bits per heavy atom. The van der Waals surface area contributed by atoms with Crippen molar-refractivity contribution in [2.24, 2.45) is 0 Å². The lowest BCUT2D eigenvalue weighted by Crippen LogP contribution is -1.65.